The van der Waals surface area contributed by atoms with E-state index in [1.54, 1.807) is 22.9 Å². The SMILES string of the molecule is CC(O)C(O)NI. The van der Waals surface area contributed by atoms with Crippen molar-refractivity contribution in [1.82, 2.24) is 3.53 Å². The first-order valence-corrected chi connectivity index (χ1v) is 2.98. The number of aliphatic hydroxyl groups excluding tert-OH is 2. The van der Waals surface area contributed by atoms with Crippen LogP contribution in [-0.2, 0) is 0 Å². The number of rotatable bonds is 2. The first-order valence-electron chi connectivity index (χ1n) is 1.90. The lowest BCUT2D eigenvalue weighted by Crippen LogP contribution is -2.31. The standard InChI is InChI=1S/C3H8INO2/c1-2(6)3(7)5-4/h2-3,5-7H,1H3. The van der Waals surface area contributed by atoms with Crippen LogP contribution in [0.2, 0.25) is 0 Å². The summed E-state index contributed by atoms with van der Waals surface area (Å²) in [5.74, 6) is 0. The van der Waals surface area contributed by atoms with Gasteiger partial charge in [0.15, 0.2) is 0 Å². The highest BCUT2D eigenvalue weighted by Crippen LogP contribution is 1.87. The van der Waals surface area contributed by atoms with E-state index in [1.807, 2.05) is 0 Å². The van der Waals surface area contributed by atoms with Crippen molar-refractivity contribution in [3.05, 3.63) is 0 Å². The van der Waals surface area contributed by atoms with Gasteiger partial charge in [-0.15, -0.1) is 0 Å². The molecule has 0 radical (unpaired) electrons. The molecule has 2 unspecified atom stereocenters. The van der Waals surface area contributed by atoms with Crippen molar-refractivity contribution >= 4 is 22.9 Å². The van der Waals surface area contributed by atoms with Crippen molar-refractivity contribution < 1.29 is 10.2 Å². The maximum Gasteiger partial charge on any atom is 0.138 e. The Kier molecular flexibility index (Phi) is 3.91. The Hall–Kier alpha value is 0.610. The lowest BCUT2D eigenvalue weighted by Gasteiger charge is -2.08. The van der Waals surface area contributed by atoms with Crippen LogP contribution in [0.4, 0.5) is 0 Å². The summed E-state index contributed by atoms with van der Waals surface area (Å²) in [6.07, 6.45) is -1.50. The summed E-state index contributed by atoms with van der Waals surface area (Å²) in [5.41, 5.74) is 0. The highest BCUT2D eigenvalue weighted by molar-refractivity contribution is 14.1. The minimum absolute atomic E-state index is 0.697. The summed E-state index contributed by atoms with van der Waals surface area (Å²) in [4.78, 5) is 0. The van der Waals surface area contributed by atoms with E-state index >= 15 is 0 Å². The molecule has 0 bridgehead atoms. The summed E-state index contributed by atoms with van der Waals surface area (Å²) < 4.78 is 2.44. The Labute approximate surface area is 56.2 Å². The van der Waals surface area contributed by atoms with E-state index in [1.165, 1.54) is 6.92 Å². The molecule has 4 heteroatoms. The zero-order valence-electron chi connectivity index (χ0n) is 3.93. The number of nitrogens with one attached hydrogen (secondary N) is 1. The van der Waals surface area contributed by atoms with Crippen molar-refractivity contribution in [3.63, 3.8) is 0 Å². The predicted molar refractivity (Wildman–Crippen MR) is 34.8 cm³/mol. The molecule has 0 aliphatic heterocycles. The van der Waals surface area contributed by atoms with Gasteiger partial charge in [0.1, 0.15) is 6.23 Å². The molecule has 0 spiro atoms. The first kappa shape index (κ1) is 7.61. The number of aliphatic hydroxyl groups is 2. The second kappa shape index (κ2) is 3.59. The van der Waals surface area contributed by atoms with Gasteiger partial charge in [-0.05, 0) is 6.92 Å². The Bertz CT molecular complexity index is 50.2. The van der Waals surface area contributed by atoms with E-state index in [-0.39, 0.29) is 0 Å². The molecule has 0 aliphatic carbocycles. The quantitative estimate of drug-likeness (QED) is 0.336. The summed E-state index contributed by atoms with van der Waals surface area (Å²) in [6.45, 7) is 1.51. The molecular weight excluding hydrogens is 209 g/mol. The maximum atomic E-state index is 8.57. The van der Waals surface area contributed by atoms with Gasteiger partial charge in [0.2, 0.25) is 0 Å². The molecule has 0 saturated carbocycles. The van der Waals surface area contributed by atoms with Crippen molar-refractivity contribution in [2.45, 2.75) is 19.3 Å². The van der Waals surface area contributed by atoms with Gasteiger partial charge in [0.05, 0.1) is 6.10 Å². The summed E-state index contributed by atoms with van der Waals surface area (Å²) in [7, 11) is 0. The second-order valence-corrected chi connectivity index (χ2v) is 1.92. The van der Waals surface area contributed by atoms with Crippen LogP contribution >= 0.6 is 22.9 Å². The second-order valence-electron chi connectivity index (χ2n) is 1.29. The Morgan fingerprint density at radius 2 is 2.00 bits per heavy atom. The minimum atomic E-state index is -0.805. The van der Waals surface area contributed by atoms with Gasteiger partial charge in [-0.2, -0.15) is 0 Å². The highest BCUT2D eigenvalue weighted by atomic mass is 127. The van der Waals surface area contributed by atoms with Crippen molar-refractivity contribution in [1.29, 1.82) is 0 Å². The zero-order valence-corrected chi connectivity index (χ0v) is 6.08. The van der Waals surface area contributed by atoms with Gasteiger partial charge in [0, 0.05) is 22.9 Å². The Morgan fingerprint density at radius 1 is 1.57 bits per heavy atom. The van der Waals surface area contributed by atoms with Crippen LogP contribution in [-0.4, -0.2) is 22.5 Å². The Morgan fingerprint density at radius 3 is 2.00 bits per heavy atom. The lowest BCUT2D eigenvalue weighted by atomic mass is 10.4. The lowest BCUT2D eigenvalue weighted by molar-refractivity contribution is 0.0295. The average Bonchev–Trinajstić information content (AvgIpc) is 1.65. The van der Waals surface area contributed by atoms with Crippen LogP contribution in [0.15, 0.2) is 0 Å². The van der Waals surface area contributed by atoms with E-state index < -0.39 is 12.3 Å². The molecule has 2 atom stereocenters. The number of hydrogen-bond acceptors (Lipinski definition) is 3. The fourth-order valence-corrected chi connectivity index (χ4v) is 0.612. The van der Waals surface area contributed by atoms with Gasteiger partial charge in [-0.25, -0.2) is 3.53 Å². The zero-order chi connectivity index (χ0) is 5.86. The third-order valence-electron chi connectivity index (χ3n) is 0.569. The first-order chi connectivity index (χ1) is 3.18. The molecule has 3 N–H and O–H groups in total. The molecule has 0 aromatic carbocycles. The largest absolute Gasteiger partial charge is 0.389 e. The van der Waals surface area contributed by atoms with Gasteiger partial charge >= 0.3 is 0 Å². The van der Waals surface area contributed by atoms with E-state index in [0.717, 1.165) is 0 Å². The summed E-state index contributed by atoms with van der Waals surface area (Å²) in [5, 5.41) is 17.1. The van der Waals surface area contributed by atoms with Crippen molar-refractivity contribution in [2.24, 2.45) is 0 Å². The number of hydrogen-bond donors (Lipinski definition) is 3. The fraction of sp³-hybridized carbons (Fsp3) is 1.00. The van der Waals surface area contributed by atoms with E-state index in [0.29, 0.717) is 0 Å². The van der Waals surface area contributed by atoms with Crippen LogP contribution in [0.3, 0.4) is 0 Å². The average molecular weight is 217 g/mol. The molecule has 3 nitrogen and oxygen atoms in total. The molecule has 0 amide bonds. The van der Waals surface area contributed by atoms with Crippen LogP contribution in [0.25, 0.3) is 0 Å². The van der Waals surface area contributed by atoms with E-state index in [2.05, 4.69) is 3.53 Å². The fourth-order valence-electron chi connectivity index (χ4n) is 0.0912. The highest BCUT2D eigenvalue weighted by Gasteiger charge is 2.05. The summed E-state index contributed by atoms with van der Waals surface area (Å²) in [6, 6.07) is 0. The van der Waals surface area contributed by atoms with Gasteiger partial charge in [-0.3, -0.25) is 0 Å². The Balaban J connectivity index is 3.14. The van der Waals surface area contributed by atoms with E-state index in [9.17, 15) is 0 Å². The normalized spacial score (nSPS) is 18.9. The summed E-state index contributed by atoms with van der Waals surface area (Å²) >= 11 is 1.77. The van der Waals surface area contributed by atoms with Gasteiger partial charge < -0.3 is 10.2 Å². The predicted octanol–water partition coefficient (Wildman–Crippen LogP) is -0.375. The molecule has 0 aromatic rings. The van der Waals surface area contributed by atoms with Crippen LogP contribution in [0.5, 0.6) is 0 Å². The molecule has 0 saturated heterocycles. The van der Waals surface area contributed by atoms with Gasteiger partial charge in [0.25, 0.3) is 0 Å². The molecule has 0 rings (SSSR count). The van der Waals surface area contributed by atoms with Crippen LogP contribution in [0, 0.1) is 0 Å². The van der Waals surface area contributed by atoms with Crippen molar-refractivity contribution in [3.8, 4) is 0 Å². The number of halogens is 1. The molecular formula is C3H8INO2. The molecule has 0 fully saturated rings. The minimum Gasteiger partial charge on any atom is -0.389 e. The topological polar surface area (TPSA) is 52.5 Å². The molecule has 7 heavy (non-hydrogen) atoms. The smallest absolute Gasteiger partial charge is 0.138 e. The third-order valence-corrected chi connectivity index (χ3v) is 1.21. The monoisotopic (exact) mass is 217 g/mol. The third kappa shape index (κ3) is 3.22. The van der Waals surface area contributed by atoms with Crippen molar-refractivity contribution in [2.75, 3.05) is 0 Å². The molecule has 0 heterocycles. The molecule has 44 valence electrons. The maximum absolute atomic E-state index is 8.57. The van der Waals surface area contributed by atoms with E-state index in [4.69, 9.17) is 10.2 Å². The van der Waals surface area contributed by atoms with Crippen LogP contribution in [0.1, 0.15) is 6.92 Å². The van der Waals surface area contributed by atoms with Gasteiger partial charge in [-0.1, -0.05) is 0 Å². The molecule has 0 aromatic heterocycles. The molecule has 0 aliphatic rings. The van der Waals surface area contributed by atoms with Crippen LogP contribution < -0.4 is 3.53 Å².